The molecule has 0 spiro atoms. The van der Waals surface area contributed by atoms with E-state index in [0.29, 0.717) is 5.69 Å². The highest BCUT2D eigenvalue weighted by atomic mass is 16.6. The van der Waals surface area contributed by atoms with E-state index in [1.54, 1.807) is 6.92 Å². The lowest BCUT2D eigenvalue weighted by atomic mass is 10.3. The highest BCUT2D eigenvalue weighted by molar-refractivity contribution is 5.90. The molecule has 1 rings (SSSR count). The second-order valence-electron chi connectivity index (χ2n) is 2.97. The normalized spacial score (nSPS) is 9.24. The van der Waals surface area contributed by atoms with Gasteiger partial charge in [-0.3, -0.25) is 0 Å². The fraction of sp³-hybridized carbons (Fsp3) is 0.200. The number of phenols is 1. The average Bonchev–Trinajstić information content (AvgIpc) is 2.30. The van der Waals surface area contributed by atoms with Crippen LogP contribution in [-0.4, -0.2) is 23.8 Å². The molecular weight excluding hydrogens is 226 g/mol. The summed E-state index contributed by atoms with van der Waals surface area (Å²) in [6.45, 7) is 1.86. The second-order valence-corrected chi connectivity index (χ2v) is 2.97. The lowest BCUT2D eigenvalue weighted by molar-refractivity contribution is 0.148. The quantitative estimate of drug-likeness (QED) is 0.460. The predicted molar refractivity (Wildman–Crippen MR) is 60.4 cm³/mol. The standard InChI is InChI=1S/C10H13N3O4/c1-2-17-10(16)13-12-9(15)11-7-3-5-8(14)6-4-7/h3-6,14H,2H2,1H3,(H,13,16)(H2,11,12,15). The van der Waals surface area contributed by atoms with Gasteiger partial charge in [0.05, 0.1) is 6.61 Å². The number of amides is 3. The number of aromatic hydroxyl groups is 1. The van der Waals surface area contributed by atoms with Crippen molar-refractivity contribution in [2.24, 2.45) is 0 Å². The Labute approximate surface area is 97.7 Å². The summed E-state index contributed by atoms with van der Waals surface area (Å²) in [4.78, 5) is 22.1. The Hall–Kier alpha value is -2.44. The predicted octanol–water partition coefficient (Wildman–Crippen LogP) is 1.17. The Kier molecular flexibility index (Phi) is 4.61. The number of hydrogen-bond donors (Lipinski definition) is 4. The number of carbonyl (C=O) groups excluding carboxylic acids is 2. The van der Waals surface area contributed by atoms with Crippen LogP contribution in [0.1, 0.15) is 6.92 Å². The van der Waals surface area contributed by atoms with E-state index in [-0.39, 0.29) is 12.4 Å². The maximum atomic E-state index is 11.3. The Morgan fingerprint density at radius 3 is 2.47 bits per heavy atom. The number of benzene rings is 1. The van der Waals surface area contributed by atoms with Crippen LogP contribution >= 0.6 is 0 Å². The van der Waals surface area contributed by atoms with Crippen LogP contribution in [0.2, 0.25) is 0 Å². The van der Waals surface area contributed by atoms with Gasteiger partial charge in [0.2, 0.25) is 0 Å². The molecule has 4 N–H and O–H groups in total. The Morgan fingerprint density at radius 1 is 1.24 bits per heavy atom. The molecule has 0 unspecified atom stereocenters. The molecule has 1 aromatic rings. The summed E-state index contributed by atoms with van der Waals surface area (Å²) >= 11 is 0. The highest BCUT2D eigenvalue weighted by Gasteiger charge is 2.04. The molecule has 0 aliphatic heterocycles. The zero-order valence-corrected chi connectivity index (χ0v) is 9.19. The van der Waals surface area contributed by atoms with E-state index in [0.717, 1.165) is 0 Å². The van der Waals surface area contributed by atoms with Crippen molar-refractivity contribution >= 4 is 17.8 Å². The third kappa shape index (κ3) is 4.74. The van der Waals surface area contributed by atoms with Gasteiger partial charge >= 0.3 is 12.1 Å². The summed E-state index contributed by atoms with van der Waals surface area (Å²) in [6.07, 6.45) is -0.742. The van der Waals surface area contributed by atoms with E-state index in [1.165, 1.54) is 24.3 Å². The summed E-state index contributed by atoms with van der Waals surface area (Å²) in [5.74, 6) is 0.0978. The number of ether oxygens (including phenoxy) is 1. The van der Waals surface area contributed by atoms with E-state index in [1.807, 2.05) is 5.43 Å². The number of phenolic OH excluding ortho intramolecular Hbond substituents is 1. The molecule has 0 aliphatic carbocycles. The fourth-order valence-corrected chi connectivity index (χ4v) is 0.982. The molecule has 0 atom stereocenters. The lowest BCUT2D eigenvalue weighted by Crippen LogP contribution is -2.44. The van der Waals surface area contributed by atoms with Crippen molar-refractivity contribution in [2.45, 2.75) is 6.92 Å². The van der Waals surface area contributed by atoms with Crippen molar-refractivity contribution in [1.82, 2.24) is 10.9 Å². The van der Waals surface area contributed by atoms with Crippen LogP contribution in [0.3, 0.4) is 0 Å². The van der Waals surface area contributed by atoms with Crippen molar-refractivity contribution in [2.75, 3.05) is 11.9 Å². The molecular formula is C10H13N3O4. The summed E-state index contributed by atoms with van der Waals surface area (Å²) in [5.41, 5.74) is 4.61. The fourth-order valence-electron chi connectivity index (χ4n) is 0.982. The van der Waals surface area contributed by atoms with E-state index >= 15 is 0 Å². The smallest absolute Gasteiger partial charge is 0.426 e. The van der Waals surface area contributed by atoms with Crippen LogP contribution in [0.15, 0.2) is 24.3 Å². The molecule has 0 saturated heterocycles. The number of hydrogen-bond acceptors (Lipinski definition) is 4. The minimum absolute atomic E-state index is 0.0978. The van der Waals surface area contributed by atoms with Crippen LogP contribution in [0.4, 0.5) is 15.3 Å². The van der Waals surface area contributed by atoms with Crippen molar-refractivity contribution in [3.8, 4) is 5.75 Å². The SMILES string of the molecule is CCOC(=O)NNC(=O)Nc1ccc(O)cc1. The van der Waals surface area contributed by atoms with E-state index in [9.17, 15) is 9.59 Å². The number of urea groups is 1. The summed E-state index contributed by atoms with van der Waals surface area (Å²) in [7, 11) is 0. The van der Waals surface area contributed by atoms with Crippen LogP contribution in [0, 0.1) is 0 Å². The van der Waals surface area contributed by atoms with Crippen molar-refractivity contribution in [3.63, 3.8) is 0 Å². The number of hydrazine groups is 1. The number of anilines is 1. The maximum Gasteiger partial charge on any atom is 0.426 e. The molecule has 0 bridgehead atoms. The molecule has 0 aliphatic rings. The van der Waals surface area contributed by atoms with Crippen LogP contribution < -0.4 is 16.2 Å². The summed E-state index contributed by atoms with van der Waals surface area (Å²) in [5, 5.41) is 11.5. The third-order valence-electron chi connectivity index (χ3n) is 1.68. The van der Waals surface area contributed by atoms with E-state index < -0.39 is 12.1 Å². The number of carbonyl (C=O) groups is 2. The van der Waals surface area contributed by atoms with Gasteiger partial charge in [-0.1, -0.05) is 0 Å². The Morgan fingerprint density at radius 2 is 1.88 bits per heavy atom. The molecule has 7 heteroatoms. The topological polar surface area (TPSA) is 99.7 Å². The zero-order valence-electron chi connectivity index (χ0n) is 9.19. The molecule has 0 saturated carbocycles. The van der Waals surface area contributed by atoms with Gasteiger partial charge in [-0.2, -0.15) is 0 Å². The molecule has 0 heterocycles. The molecule has 1 aromatic carbocycles. The third-order valence-corrected chi connectivity index (χ3v) is 1.68. The Bertz CT molecular complexity index is 391. The molecule has 92 valence electrons. The zero-order chi connectivity index (χ0) is 12.7. The first-order valence-electron chi connectivity index (χ1n) is 4.90. The van der Waals surface area contributed by atoms with Gasteiger partial charge < -0.3 is 15.2 Å². The van der Waals surface area contributed by atoms with Gasteiger partial charge in [-0.15, -0.1) is 0 Å². The largest absolute Gasteiger partial charge is 0.508 e. The van der Waals surface area contributed by atoms with Gasteiger partial charge in [0, 0.05) is 5.69 Å². The molecule has 0 fully saturated rings. The van der Waals surface area contributed by atoms with Gasteiger partial charge in [0.25, 0.3) is 0 Å². The van der Waals surface area contributed by atoms with Crippen LogP contribution in [-0.2, 0) is 4.74 Å². The molecule has 17 heavy (non-hydrogen) atoms. The lowest BCUT2D eigenvalue weighted by Gasteiger charge is -2.08. The van der Waals surface area contributed by atoms with Gasteiger partial charge in [0.1, 0.15) is 5.75 Å². The van der Waals surface area contributed by atoms with Gasteiger partial charge in [-0.25, -0.2) is 20.4 Å². The monoisotopic (exact) mass is 239 g/mol. The summed E-state index contributed by atoms with van der Waals surface area (Å²) in [6, 6.07) is 5.25. The van der Waals surface area contributed by atoms with Gasteiger partial charge in [-0.05, 0) is 31.2 Å². The highest BCUT2D eigenvalue weighted by Crippen LogP contribution is 2.13. The first-order chi connectivity index (χ1) is 8.11. The van der Waals surface area contributed by atoms with Crippen molar-refractivity contribution < 1.29 is 19.4 Å². The van der Waals surface area contributed by atoms with E-state index in [4.69, 9.17) is 5.11 Å². The molecule has 3 amide bonds. The molecule has 0 radical (unpaired) electrons. The molecule has 0 aromatic heterocycles. The van der Waals surface area contributed by atoms with Crippen molar-refractivity contribution in [3.05, 3.63) is 24.3 Å². The number of rotatable bonds is 2. The van der Waals surface area contributed by atoms with Crippen molar-refractivity contribution in [1.29, 1.82) is 0 Å². The first-order valence-corrected chi connectivity index (χ1v) is 4.90. The minimum atomic E-state index is -0.742. The maximum absolute atomic E-state index is 11.3. The Balaban J connectivity index is 2.34. The summed E-state index contributed by atoms with van der Waals surface area (Å²) < 4.78 is 4.53. The van der Waals surface area contributed by atoms with E-state index in [2.05, 4.69) is 15.5 Å². The molecule has 7 nitrogen and oxygen atoms in total. The average molecular weight is 239 g/mol. The minimum Gasteiger partial charge on any atom is -0.508 e. The first kappa shape index (κ1) is 12.6. The second kappa shape index (κ2) is 6.21. The number of nitrogens with one attached hydrogen (secondary N) is 3. The van der Waals surface area contributed by atoms with Crippen LogP contribution in [0.5, 0.6) is 5.75 Å². The van der Waals surface area contributed by atoms with Gasteiger partial charge in [0.15, 0.2) is 0 Å². The van der Waals surface area contributed by atoms with Crippen LogP contribution in [0.25, 0.3) is 0 Å².